The Morgan fingerprint density at radius 3 is 2.69 bits per heavy atom. The van der Waals surface area contributed by atoms with Crippen molar-refractivity contribution < 1.29 is 14.3 Å². The highest BCUT2D eigenvalue weighted by Crippen LogP contribution is 2.20. The highest BCUT2D eigenvalue weighted by Gasteiger charge is 2.22. The number of rotatable bonds is 4. The highest BCUT2D eigenvalue weighted by molar-refractivity contribution is 5.99. The molecule has 88 valence electrons. The Labute approximate surface area is 93.9 Å². The van der Waals surface area contributed by atoms with Crippen molar-refractivity contribution >= 4 is 5.78 Å². The maximum Gasteiger partial charge on any atom is 0.350 e. The molecule has 16 heavy (non-hydrogen) atoms. The fourth-order valence-electron chi connectivity index (χ4n) is 1.63. The van der Waals surface area contributed by atoms with Crippen molar-refractivity contribution in [1.82, 2.24) is 0 Å². The van der Waals surface area contributed by atoms with Crippen molar-refractivity contribution in [2.45, 2.75) is 33.6 Å². The van der Waals surface area contributed by atoms with E-state index >= 15 is 0 Å². The average Bonchev–Trinajstić information content (AvgIpc) is 2.16. The van der Waals surface area contributed by atoms with Crippen LogP contribution in [0, 0.1) is 12.8 Å². The summed E-state index contributed by atoms with van der Waals surface area (Å²) in [5, 5.41) is 9.58. The summed E-state index contributed by atoms with van der Waals surface area (Å²) in [7, 11) is 0. The zero-order valence-electron chi connectivity index (χ0n) is 9.74. The second-order valence-corrected chi connectivity index (χ2v) is 3.96. The van der Waals surface area contributed by atoms with E-state index in [0.29, 0.717) is 12.2 Å². The summed E-state index contributed by atoms with van der Waals surface area (Å²) in [6.45, 7) is 5.25. The summed E-state index contributed by atoms with van der Waals surface area (Å²) >= 11 is 0. The van der Waals surface area contributed by atoms with Crippen molar-refractivity contribution in [2.75, 3.05) is 0 Å². The first-order chi connectivity index (χ1) is 7.47. The molecule has 0 radical (unpaired) electrons. The van der Waals surface area contributed by atoms with E-state index in [1.165, 1.54) is 6.07 Å². The first kappa shape index (κ1) is 12.5. The second kappa shape index (κ2) is 4.96. The summed E-state index contributed by atoms with van der Waals surface area (Å²) in [5.74, 6) is -0.626. The minimum absolute atomic E-state index is 0.230. The Hall–Kier alpha value is -1.58. The molecule has 1 atom stereocenters. The van der Waals surface area contributed by atoms with E-state index < -0.39 is 5.63 Å². The molecule has 0 amide bonds. The number of Topliss-reactive ketones (excluding diaryl/α,β-unsaturated/α-hetero) is 1. The zero-order valence-corrected chi connectivity index (χ0v) is 9.74. The fourth-order valence-corrected chi connectivity index (χ4v) is 1.63. The van der Waals surface area contributed by atoms with Crippen LogP contribution in [0.1, 0.15) is 42.8 Å². The Morgan fingerprint density at radius 1 is 1.56 bits per heavy atom. The van der Waals surface area contributed by atoms with Crippen LogP contribution in [-0.2, 0) is 0 Å². The van der Waals surface area contributed by atoms with Crippen LogP contribution < -0.4 is 5.63 Å². The van der Waals surface area contributed by atoms with E-state index in [0.717, 1.165) is 6.42 Å². The number of ketones is 1. The highest BCUT2D eigenvalue weighted by atomic mass is 16.4. The van der Waals surface area contributed by atoms with Gasteiger partial charge >= 0.3 is 5.63 Å². The standard InChI is InChI=1S/C12H16O4/c1-4-5-7(2)11(14)10-9(13)6-8(3)16-12(10)15/h6-7,13H,4-5H2,1-3H3. The topological polar surface area (TPSA) is 67.5 Å². The van der Waals surface area contributed by atoms with Crippen LogP contribution in [-0.4, -0.2) is 10.9 Å². The molecule has 1 aromatic heterocycles. The van der Waals surface area contributed by atoms with Gasteiger partial charge in [0.2, 0.25) is 0 Å². The third-order valence-electron chi connectivity index (χ3n) is 2.47. The number of carbonyl (C=O) groups is 1. The average molecular weight is 224 g/mol. The number of carbonyl (C=O) groups excluding carboxylic acids is 1. The molecule has 4 nitrogen and oxygen atoms in total. The van der Waals surface area contributed by atoms with Crippen LogP contribution in [0.5, 0.6) is 5.75 Å². The molecule has 1 N–H and O–H groups in total. The smallest absolute Gasteiger partial charge is 0.350 e. The minimum Gasteiger partial charge on any atom is -0.507 e. The number of aryl methyl sites for hydroxylation is 1. The van der Waals surface area contributed by atoms with Gasteiger partial charge in [0.1, 0.15) is 17.1 Å². The van der Waals surface area contributed by atoms with Crippen molar-refractivity contribution in [3.8, 4) is 5.75 Å². The van der Waals surface area contributed by atoms with Crippen LogP contribution in [0.4, 0.5) is 0 Å². The molecule has 0 fully saturated rings. The fraction of sp³-hybridized carbons (Fsp3) is 0.500. The predicted molar refractivity (Wildman–Crippen MR) is 59.8 cm³/mol. The molecule has 0 aliphatic heterocycles. The normalized spacial score (nSPS) is 12.4. The van der Waals surface area contributed by atoms with E-state index in [9.17, 15) is 14.7 Å². The lowest BCUT2D eigenvalue weighted by molar-refractivity contribution is 0.0916. The van der Waals surface area contributed by atoms with E-state index in [-0.39, 0.29) is 23.0 Å². The lowest BCUT2D eigenvalue weighted by Crippen LogP contribution is -2.20. The van der Waals surface area contributed by atoms with Gasteiger partial charge in [-0.1, -0.05) is 20.3 Å². The largest absolute Gasteiger partial charge is 0.507 e. The van der Waals surface area contributed by atoms with Crippen LogP contribution >= 0.6 is 0 Å². The van der Waals surface area contributed by atoms with Gasteiger partial charge in [-0.25, -0.2) is 4.79 Å². The summed E-state index contributed by atoms with van der Waals surface area (Å²) < 4.78 is 4.80. The first-order valence-electron chi connectivity index (χ1n) is 5.35. The van der Waals surface area contributed by atoms with Crippen LogP contribution in [0.3, 0.4) is 0 Å². The van der Waals surface area contributed by atoms with Gasteiger partial charge in [-0.2, -0.15) is 0 Å². The van der Waals surface area contributed by atoms with E-state index in [1.807, 2.05) is 6.92 Å². The van der Waals surface area contributed by atoms with E-state index in [1.54, 1.807) is 13.8 Å². The maximum atomic E-state index is 11.9. The van der Waals surface area contributed by atoms with Crippen molar-refractivity contribution in [3.05, 3.63) is 27.8 Å². The molecule has 0 aromatic carbocycles. The van der Waals surface area contributed by atoms with Crippen molar-refractivity contribution in [3.63, 3.8) is 0 Å². The molecule has 0 spiro atoms. The van der Waals surface area contributed by atoms with Crippen LogP contribution in [0.15, 0.2) is 15.3 Å². The van der Waals surface area contributed by atoms with E-state index in [2.05, 4.69) is 0 Å². The molecule has 0 bridgehead atoms. The van der Waals surface area contributed by atoms with Gasteiger partial charge in [0.15, 0.2) is 5.78 Å². The lowest BCUT2D eigenvalue weighted by Gasteiger charge is -2.09. The molecular formula is C12H16O4. The van der Waals surface area contributed by atoms with Gasteiger partial charge < -0.3 is 9.52 Å². The molecule has 1 unspecified atom stereocenters. The van der Waals surface area contributed by atoms with Crippen molar-refractivity contribution in [1.29, 1.82) is 0 Å². The molecule has 4 heteroatoms. The summed E-state index contributed by atoms with van der Waals surface area (Å²) in [6.07, 6.45) is 1.54. The molecule has 1 rings (SSSR count). The molecule has 0 aliphatic carbocycles. The lowest BCUT2D eigenvalue weighted by atomic mass is 9.96. The second-order valence-electron chi connectivity index (χ2n) is 3.96. The minimum atomic E-state index is -0.759. The molecule has 0 saturated heterocycles. The van der Waals surface area contributed by atoms with Crippen molar-refractivity contribution in [2.24, 2.45) is 5.92 Å². The molecular weight excluding hydrogens is 208 g/mol. The predicted octanol–water partition coefficient (Wildman–Crippen LogP) is 2.27. The summed E-state index contributed by atoms with van der Waals surface area (Å²) in [4.78, 5) is 23.3. The Bertz CT molecular complexity index is 445. The summed E-state index contributed by atoms with van der Waals surface area (Å²) in [6, 6.07) is 1.29. The Balaban J connectivity index is 3.14. The van der Waals surface area contributed by atoms with E-state index in [4.69, 9.17) is 4.42 Å². The Morgan fingerprint density at radius 2 is 2.19 bits per heavy atom. The van der Waals surface area contributed by atoms with Crippen LogP contribution in [0.2, 0.25) is 0 Å². The molecule has 1 aromatic rings. The monoisotopic (exact) mass is 224 g/mol. The van der Waals surface area contributed by atoms with Gasteiger partial charge in [0.25, 0.3) is 0 Å². The van der Waals surface area contributed by atoms with Gasteiger partial charge in [-0.3, -0.25) is 4.79 Å². The van der Waals surface area contributed by atoms with Gasteiger partial charge in [-0.05, 0) is 13.3 Å². The molecule has 1 heterocycles. The Kier molecular flexibility index (Phi) is 3.88. The zero-order chi connectivity index (χ0) is 12.3. The molecule has 0 saturated carbocycles. The number of aromatic hydroxyl groups is 1. The number of hydrogen-bond donors (Lipinski definition) is 1. The third-order valence-corrected chi connectivity index (χ3v) is 2.47. The molecule has 0 aliphatic rings. The maximum absolute atomic E-state index is 11.9. The first-order valence-corrected chi connectivity index (χ1v) is 5.35. The summed E-state index contributed by atoms with van der Waals surface area (Å²) in [5.41, 5.74) is -0.989. The van der Waals surface area contributed by atoms with Gasteiger partial charge in [0, 0.05) is 12.0 Å². The SMILES string of the molecule is CCCC(C)C(=O)c1c(O)cc(C)oc1=O. The quantitative estimate of drug-likeness (QED) is 0.796. The number of hydrogen-bond acceptors (Lipinski definition) is 4. The van der Waals surface area contributed by atoms with Gasteiger partial charge in [0.05, 0.1) is 0 Å². The van der Waals surface area contributed by atoms with Crippen LogP contribution in [0.25, 0.3) is 0 Å². The third kappa shape index (κ3) is 2.51. The van der Waals surface area contributed by atoms with Gasteiger partial charge in [-0.15, -0.1) is 0 Å².